The lowest BCUT2D eigenvalue weighted by molar-refractivity contribution is 0.102. The lowest BCUT2D eigenvalue weighted by Gasteiger charge is -2.09. The third-order valence-electron chi connectivity index (χ3n) is 3.01. The molecule has 0 bridgehead atoms. The summed E-state index contributed by atoms with van der Waals surface area (Å²) in [5, 5.41) is 6.96. The van der Waals surface area contributed by atoms with E-state index in [0.29, 0.717) is 17.0 Å². The number of carbonyl (C=O) groups is 1. The monoisotopic (exact) mass is 267 g/mol. The highest BCUT2D eigenvalue weighted by molar-refractivity contribution is 6.06. The molecular weight excluding hydrogens is 254 g/mol. The zero-order valence-corrected chi connectivity index (χ0v) is 10.9. The third-order valence-corrected chi connectivity index (χ3v) is 3.01. The number of hydrogen-bond acceptors (Lipinski definition) is 3. The van der Waals surface area contributed by atoms with Crippen LogP contribution in [-0.4, -0.2) is 22.6 Å². The van der Waals surface area contributed by atoms with Gasteiger partial charge in [0.1, 0.15) is 5.75 Å². The van der Waals surface area contributed by atoms with Crippen molar-refractivity contribution in [3.63, 3.8) is 0 Å². The van der Waals surface area contributed by atoms with Gasteiger partial charge in [0.2, 0.25) is 0 Å². The van der Waals surface area contributed by atoms with Crippen LogP contribution in [0.1, 0.15) is 10.4 Å². The van der Waals surface area contributed by atoms with Crippen molar-refractivity contribution >= 4 is 17.1 Å². The molecule has 0 radical (unpaired) electrons. The van der Waals surface area contributed by atoms with Crippen LogP contribution >= 0.6 is 0 Å². The maximum atomic E-state index is 12.3. The fraction of sp³-hybridized carbons (Fsp3) is 0.0667. The van der Waals surface area contributed by atoms with Crippen molar-refractivity contribution in [2.24, 2.45) is 0 Å². The molecule has 0 fully saturated rings. The summed E-state index contributed by atoms with van der Waals surface area (Å²) in [5.74, 6) is 0.349. The zero-order valence-electron chi connectivity index (χ0n) is 10.9. The van der Waals surface area contributed by atoms with Crippen LogP contribution in [0.2, 0.25) is 0 Å². The van der Waals surface area contributed by atoms with E-state index in [1.807, 2.05) is 18.2 Å². The van der Waals surface area contributed by atoms with Crippen LogP contribution in [0.3, 0.4) is 0 Å². The molecule has 0 saturated carbocycles. The van der Waals surface area contributed by atoms with E-state index >= 15 is 0 Å². The van der Waals surface area contributed by atoms with E-state index in [4.69, 9.17) is 4.74 Å². The van der Waals surface area contributed by atoms with E-state index in [1.54, 1.807) is 48.3 Å². The molecule has 1 aromatic carbocycles. The van der Waals surface area contributed by atoms with Crippen molar-refractivity contribution in [2.75, 3.05) is 12.4 Å². The smallest absolute Gasteiger partial charge is 0.259 e. The average molecular weight is 267 g/mol. The van der Waals surface area contributed by atoms with Crippen molar-refractivity contribution in [1.29, 1.82) is 0 Å². The number of nitrogens with one attached hydrogen (secondary N) is 1. The molecular formula is C15H13N3O2. The molecule has 20 heavy (non-hydrogen) atoms. The fourth-order valence-electron chi connectivity index (χ4n) is 2.03. The van der Waals surface area contributed by atoms with E-state index in [-0.39, 0.29) is 5.91 Å². The summed E-state index contributed by atoms with van der Waals surface area (Å²) in [6.07, 6.45) is 3.51. The van der Waals surface area contributed by atoms with Crippen LogP contribution in [0.25, 0.3) is 5.52 Å². The molecule has 0 atom stereocenters. The summed E-state index contributed by atoms with van der Waals surface area (Å²) in [7, 11) is 1.55. The van der Waals surface area contributed by atoms with Gasteiger partial charge in [0.15, 0.2) is 0 Å². The maximum Gasteiger partial charge on any atom is 0.259 e. The first kappa shape index (κ1) is 12.2. The summed E-state index contributed by atoms with van der Waals surface area (Å²) in [5.41, 5.74) is 2.14. The minimum atomic E-state index is -0.202. The van der Waals surface area contributed by atoms with Crippen molar-refractivity contribution < 1.29 is 9.53 Å². The molecule has 0 spiro atoms. The van der Waals surface area contributed by atoms with Crippen molar-refractivity contribution in [3.8, 4) is 5.75 Å². The number of benzene rings is 1. The first-order valence-corrected chi connectivity index (χ1v) is 6.16. The van der Waals surface area contributed by atoms with Crippen molar-refractivity contribution in [3.05, 3.63) is 60.4 Å². The van der Waals surface area contributed by atoms with Crippen molar-refractivity contribution in [2.45, 2.75) is 0 Å². The molecule has 0 unspecified atom stereocenters. The number of hydrogen-bond donors (Lipinski definition) is 1. The number of anilines is 1. The number of aromatic nitrogens is 2. The van der Waals surface area contributed by atoms with Crippen molar-refractivity contribution in [1.82, 2.24) is 9.61 Å². The summed E-state index contributed by atoms with van der Waals surface area (Å²) in [6, 6.07) is 12.7. The van der Waals surface area contributed by atoms with E-state index in [1.165, 1.54) is 0 Å². The highest BCUT2D eigenvalue weighted by atomic mass is 16.5. The number of ether oxygens (including phenoxy) is 1. The molecule has 0 aliphatic carbocycles. The van der Waals surface area contributed by atoms with Gasteiger partial charge in [-0.15, -0.1) is 0 Å². The molecule has 0 aliphatic heterocycles. The zero-order chi connectivity index (χ0) is 13.9. The molecule has 5 heteroatoms. The van der Waals surface area contributed by atoms with Crippen LogP contribution in [0.5, 0.6) is 5.75 Å². The number of pyridine rings is 1. The summed E-state index contributed by atoms with van der Waals surface area (Å²) >= 11 is 0. The van der Waals surface area contributed by atoms with Gasteiger partial charge in [-0.3, -0.25) is 4.79 Å². The maximum absolute atomic E-state index is 12.3. The number of para-hydroxylation sites is 1. The lowest BCUT2D eigenvalue weighted by Crippen LogP contribution is -2.13. The van der Waals surface area contributed by atoms with Crippen LogP contribution in [0, 0.1) is 0 Å². The predicted octanol–water partition coefficient (Wildman–Crippen LogP) is 2.60. The van der Waals surface area contributed by atoms with Crippen LogP contribution in [0.4, 0.5) is 5.69 Å². The summed E-state index contributed by atoms with van der Waals surface area (Å²) < 4.78 is 6.92. The second-order valence-corrected chi connectivity index (χ2v) is 4.27. The fourth-order valence-corrected chi connectivity index (χ4v) is 2.03. The van der Waals surface area contributed by atoms with Gasteiger partial charge in [0.25, 0.3) is 5.91 Å². The molecule has 2 heterocycles. The quantitative estimate of drug-likeness (QED) is 0.793. The number of carbonyl (C=O) groups excluding carboxylic acids is 1. The number of rotatable bonds is 3. The third kappa shape index (κ3) is 2.21. The Morgan fingerprint density at radius 3 is 2.95 bits per heavy atom. The normalized spacial score (nSPS) is 10.4. The average Bonchev–Trinajstić information content (AvgIpc) is 2.94. The summed E-state index contributed by atoms with van der Waals surface area (Å²) in [6.45, 7) is 0. The van der Waals surface area contributed by atoms with Gasteiger partial charge in [0, 0.05) is 18.1 Å². The van der Waals surface area contributed by atoms with E-state index < -0.39 is 0 Å². The van der Waals surface area contributed by atoms with Crippen LogP contribution in [-0.2, 0) is 0 Å². The predicted molar refractivity (Wildman–Crippen MR) is 76.1 cm³/mol. The van der Waals surface area contributed by atoms with Gasteiger partial charge in [-0.25, -0.2) is 4.52 Å². The highest BCUT2D eigenvalue weighted by Gasteiger charge is 2.11. The molecule has 1 amide bonds. The van der Waals surface area contributed by atoms with E-state index in [9.17, 15) is 4.79 Å². The van der Waals surface area contributed by atoms with Gasteiger partial charge in [0.05, 0.1) is 18.2 Å². The Morgan fingerprint density at radius 2 is 2.10 bits per heavy atom. The Hall–Kier alpha value is -2.82. The molecule has 0 aliphatic rings. The minimum absolute atomic E-state index is 0.202. The lowest BCUT2D eigenvalue weighted by atomic mass is 10.2. The number of nitrogens with zero attached hydrogens (tertiary/aromatic N) is 2. The number of amides is 1. The van der Waals surface area contributed by atoms with E-state index in [2.05, 4.69) is 10.4 Å². The van der Waals surface area contributed by atoms with E-state index in [0.717, 1.165) is 5.52 Å². The molecule has 100 valence electrons. The Kier molecular flexibility index (Phi) is 3.09. The molecule has 2 aromatic heterocycles. The molecule has 0 saturated heterocycles. The second kappa shape index (κ2) is 5.05. The summed E-state index contributed by atoms with van der Waals surface area (Å²) in [4.78, 5) is 12.3. The molecule has 5 nitrogen and oxygen atoms in total. The topological polar surface area (TPSA) is 55.6 Å². The Morgan fingerprint density at radius 1 is 1.25 bits per heavy atom. The van der Waals surface area contributed by atoms with Crippen LogP contribution < -0.4 is 10.1 Å². The van der Waals surface area contributed by atoms with Crippen LogP contribution in [0.15, 0.2) is 54.9 Å². The van der Waals surface area contributed by atoms with Gasteiger partial charge in [-0.2, -0.15) is 5.10 Å². The number of methoxy groups -OCH3 is 1. The first-order chi connectivity index (χ1) is 9.78. The van der Waals surface area contributed by atoms with Gasteiger partial charge < -0.3 is 10.1 Å². The first-order valence-electron chi connectivity index (χ1n) is 6.16. The molecule has 3 rings (SSSR count). The van der Waals surface area contributed by atoms with Gasteiger partial charge in [-0.1, -0.05) is 12.1 Å². The Bertz CT molecular complexity index is 764. The van der Waals surface area contributed by atoms with Gasteiger partial charge in [-0.05, 0) is 30.3 Å². The Balaban J connectivity index is 1.88. The SMILES string of the molecule is COc1ccccc1C(=O)Nc1ccn2nccc2c1. The molecule has 1 N–H and O–H groups in total. The standard InChI is InChI=1S/C15H13N3O2/c1-20-14-5-3-2-4-13(14)15(19)17-11-7-9-18-12(10-11)6-8-16-18/h2-10H,1H3,(H,17,19). The Labute approximate surface area is 115 Å². The molecule has 3 aromatic rings. The van der Waals surface area contributed by atoms with Gasteiger partial charge >= 0.3 is 0 Å². The second-order valence-electron chi connectivity index (χ2n) is 4.27. The highest BCUT2D eigenvalue weighted by Crippen LogP contribution is 2.19. The minimum Gasteiger partial charge on any atom is -0.496 e. The largest absolute Gasteiger partial charge is 0.496 e. The number of fused-ring (bicyclic) bond motifs is 1.